The van der Waals surface area contributed by atoms with Gasteiger partial charge in [0, 0.05) is 37.8 Å². The Labute approximate surface area is 137 Å². The average Bonchev–Trinajstić information content (AvgIpc) is 3.21. The molecule has 4 aromatic rings. The standard InChI is InChI=1S/C16H15N7O/c1-11-19-10-13(24-11)6-9-18-14-2-3-15-20-21-16(23(15)22-14)12-4-7-17-8-5-12/h2-5,7-8,10H,6,9H2,1H3,(H,18,22). The van der Waals surface area contributed by atoms with Gasteiger partial charge in [0.2, 0.25) is 0 Å². The summed E-state index contributed by atoms with van der Waals surface area (Å²) in [7, 11) is 0. The summed E-state index contributed by atoms with van der Waals surface area (Å²) in [6.45, 7) is 2.53. The number of hydrogen-bond donors (Lipinski definition) is 1. The fourth-order valence-electron chi connectivity index (χ4n) is 2.40. The van der Waals surface area contributed by atoms with E-state index in [0.29, 0.717) is 23.9 Å². The minimum absolute atomic E-state index is 0.677. The van der Waals surface area contributed by atoms with Gasteiger partial charge in [-0.3, -0.25) is 4.98 Å². The molecule has 8 nitrogen and oxygen atoms in total. The molecular weight excluding hydrogens is 306 g/mol. The number of rotatable bonds is 5. The molecule has 0 aliphatic carbocycles. The van der Waals surface area contributed by atoms with E-state index in [1.54, 1.807) is 23.1 Å². The number of anilines is 1. The van der Waals surface area contributed by atoms with Crippen molar-refractivity contribution in [2.45, 2.75) is 13.3 Å². The third-order valence-corrected chi connectivity index (χ3v) is 3.55. The Morgan fingerprint density at radius 1 is 1.12 bits per heavy atom. The number of pyridine rings is 1. The third kappa shape index (κ3) is 2.81. The zero-order valence-electron chi connectivity index (χ0n) is 13.0. The Morgan fingerprint density at radius 3 is 2.79 bits per heavy atom. The summed E-state index contributed by atoms with van der Waals surface area (Å²) in [6, 6.07) is 7.52. The molecule has 0 amide bonds. The molecule has 0 saturated heterocycles. The van der Waals surface area contributed by atoms with Crippen molar-refractivity contribution in [1.29, 1.82) is 0 Å². The van der Waals surface area contributed by atoms with Gasteiger partial charge >= 0.3 is 0 Å². The average molecular weight is 321 g/mol. The predicted octanol–water partition coefficient (Wildman–Crippen LogP) is 2.14. The molecule has 4 rings (SSSR count). The molecule has 0 aliphatic rings. The second kappa shape index (κ2) is 6.07. The largest absolute Gasteiger partial charge is 0.446 e. The summed E-state index contributed by atoms with van der Waals surface area (Å²) in [5, 5.41) is 16.2. The fourth-order valence-corrected chi connectivity index (χ4v) is 2.40. The molecule has 1 N–H and O–H groups in total. The molecule has 4 aromatic heterocycles. The lowest BCUT2D eigenvalue weighted by molar-refractivity contribution is 0.477. The van der Waals surface area contributed by atoms with Crippen molar-refractivity contribution in [3.8, 4) is 11.4 Å². The van der Waals surface area contributed by atoms with Crippen LogP contribution < -0.4 is 5.32 Å². The molecule has 0 bridgehead atoms. The minimum atomic E-state index is 0.677. The summed E-state index contributed by atoms with van der Waals surface area (Å²) in [5.41, 5.74) is 1.61. The highest BCUT2D eigenvalue weighted by Gasteiger charge is 2.09. The van der Waals surface area contributed by atoms with Gasteiger partial charge in [-0.15, -0.1) is 15.3 Å². The SMILES string of the molecule is Cc1ncc(CCNc2ccc3nnc(-c4ccncc4)n3n2)o1. The van der Waals surface area contributed by atoms with Crippen LogP contribution in [0.4, 0.5) is 5.82 Å². The van der Waals surface area contributed by atoms with E-state index in [2.05, 4.69) is 30.6 Å². The van der Waals surface area contributed by atoms with Gasteiger partial charge in [0.05, 0.1) is 6.20 Å². The van der Waals surface area contributed by atoms with Crippen LogP contribution in [0.5, 0.6) is 0 Å². The van der Waals surface area contributed by atoms with Gasteiger partial charge in [0.15, 0.2) is 17.4 Å². The number of aromatic nitrogens is 6. The Bertz CT molecular complexity index is 961. The number of fused-ring (bicyclic) bond motifs is 1. The Morgan fingerprint density at radius 2 is 2.00 bits per heavy atom. The van der Waals surface area contributed by atoms with Crippen molar-refractivity contribution >= 4 is 11.5 Å². The normalized spacial score (nSPS) is 11.0. The summed E-state index contributed by atoms with van der Waals surface area (Å²) >= 11 is 0. The lowest BCUT2D eigenvalue weighted by Crippen LogP contribution is -2.08. The lowest BCUT2D eigenvalue weighted by Gasteiger charge is -2.05. The van der Waals surface area contributed by atoms with Gasteiger partial charge in [0.1, 0.15) is 11.6 Å². The van der Waals surface area contributed by atoms with Gasteiger partial charge in [0.25, 0.3) is 0 Å². The fraction of sp³-hybridized carbons (Fsp3) is 0.188. The van der Waals surface area contributed by atoms with Crippen LogP contribution in [0.2, 0.25) is 0 Å². The number of oxazole rings is 1. The zero-order valence-corrected chi connectivity index (χ0v) is 13.0. The van der Waals surface area contributed by atoms with Crippen LogP contribution >= 0.6 is 0 Å². The van der Waals surface area contributed by atoms with Crippen LogP contribution in [0.1, 0.15) is 11.7 Å². The van der Waals surface area contributed by atoms with Crippen LogP contribution in [0.3, 0.4) is 0 Å². The zero-order chi connectivity index (χ0) is 16.4. The summed E-state index contributed by atoms with van der Waals surface area (Å²) in [4.78, 5) is 8.11. The van der Waals surface area contributed by atoms with E-state index in [4.69, 9.17) is 4.42 Å². The van der Waals surface area contributed by atoms with E-state index in [0.717, 1.165) is 23.6 Å². The number of nitrogens with zero attached hydrogens (tertiary/aromatic N) is 6. The maximum absolute atomic E-state index is 5.45. The highest BCUT2D eigenvalue weighted by Crippen LogP contribution is 2.17. The van der Waals surface area contributed by atoms with Crippen LogP contribution in [0.25, 0.3) is 17.0 Å². The molecule has 0 aliphatic heterocycles. The summed E-state index contributed by atoms with van der Waals surface area (Å²) in [5.74, 6) is 2.95. The summed E-state index contributed by atoms with van der Waals surface area (Å²) in [6.07, 6.45) is 5.92. The van der Waals surface area contributed by atoms with Crippen molar-refractivity contribution in [2.24, 2.45) is 0 Å². The molecule has 120 valence electrons. The highest BCUT2D eigenvalue weighted by atomic mass is 16.3. The van der Waals surface area contributed by atoms with Crippen molar-refractivity contribution in [3.05, 3.63) is 54.5 Å². The summed E-state index contributed by atoms with van der Waals surface area (Å²) < 4.78 is 7.17. The molecule has 24 heavy (non-hydrogen) atoms. The van der Waals surface area contributed by atoms with E-state index >= 15 is 0 Å². The molecule has 0 saturated carbocycles. The second-order valence-corrected chi connectivity index (χ2v) is 5.27. The monoisotopic (exact) mass is 321 g/mol. The number of hydrogen-bond acceptors (Lipinski definition) is 7. The van der Waals surface area contributed by atoms with Gasteiger partial charge in [-0.25, -0.2) is 4.98 Å². The topological polar surface area (TPSA) is 94.0 Å². The lowest BCUT2D eigenvalue weighted by atomic mass is 10.2. The Hall–Kier alpha value is -3.29. The highest BCUT2D eigenvalue weighted by molar-refractivity contribution is 5.58. The smallest absolute Gasteiger partial charge is 0.191 e. The maximum atomic E-state index is 5.45. The predicted molar refractivity (Wildman–Crippen MR) is 87.4 cm³/mol. The molecule has 0 spiro atoms. The third-order valence-electron chi connectivity index (χ3n) is 3.55. The first-order chi connectivity index (χ1) is 11.8. The van der Waals surface area contributed by atoms with Gasteiger partial charge < -0.3 is 9.73 Å². The van der Waals surface area contributed by atoms with Crippen LogP contribution in [-0.2, 0) is 6.42 Å². The molecule has 8 heteroatoms. The van der Waals surface area contributed by atoms with Gasteiger partial charge in [-0.2, -0.15) is 4.52 Å². The first-order valence-electron chi connectivity index (χ1n) is 7.57. The molecule has 0 atom stereocenters. The molecule has 4 heterocycles. The first-order valence-corrected chi connectivity index (χ1v) is 7.57. The number of aryl methyl sites for hydroxylation is 1. The van der Waals surface area contributed by atoms with Crippen molar-refractivity contribution in [2.75, 3.05) is 11.9 Å². The quantitative estimate of drug-likeness (QED) is 0.601. The van der Waals surface area contributed by atoms with Gasteiger partial charge in [-0.05, 0) is 24.3 Å². The Balaban J connectivity index is 1.54. The van der Waals surface area contributed by atoms with Crippen LogP contribution in [0, 0.1) is 6.92 Å². The molecular formula is C16H15N7O. The molecule has 0 unspecified atom stereocenters. The molecule has 0 radical (unpaired) electrons. The van der Waals surface area contributed by atoms with E-state index in [-0.39, 0.29) is 0 Å². The first kappa shape index (κ1) is 14.3. The van der Waals surface area contributed by atoms with Crippen molar-refractivity contribution < 1.29 is 4.42 Å². The van der Waals surface area contributed by atoms with E-state index < -0.39 is 0 Å². The minimum Gasteiger partial charge on any atom is -0.446 e. The number of nitrogens with one attached hydrogen (secondary N) is 1. The van der Waals surface area contributed by atoms with Crippen molar-refractivity contribution in [3.63, 3.8) is 0 Å². The molecule has 0 aromatic carbocycles. The van der Waals surface area contributed by atoms with Crippen molar-refractivity contribution in [1.82, 2.24) is 29.8 Å². The van der Waals surface area contributed by atoms with E-state index in [9.17, 15) is 0 Å². The maximum Gasteiger partial charge on any atom is 0.191 e. The van der Waals surface area contributed by atoms with E-state index in [1.165, 1.54) is 0 Å². The van der Waals surface area contributed by atoms with Gasteiger partial charge in [-0.1, -0.05) is 0 Å². The second-order valence-electron chi connectivity index (χ2n) is 5.27. The Kier molecular flexibility index (Phi) is 3.62. The molecule has 0 fully saturated rings. The van der Waals surface area contributed by atoms with Crippen LogP contribution in [0.15, 0.2) is 47.3 Å². The van der Waals surface area contributed by atoms with E-state index in [1.807, 2.05) is 31.2 Å². The van der Waals surface area contributed by atoms with Crippen LogP contribution in [-0.4, -0.2) is 36.3 Å².